The lowest BCUT2D eigenvalue weighted by atomic mass is 10.0. The number of ether oxygens (including phenoxy) is 1. The first-order valence-corrected chi connectivity index (χ1v) is 4.63. The molecule has 1 N–H and O–H groups in total. The molecule has 0 aromatic carbocycles. The fraction of sp³-hybridized carbons (Fsp3) is 1.00. The second-order valence-corrected chi connectivity index (χ2v) is 3.35. The minimum atomic E-state index is 0.931. The molecule has 1 atom stereocenters. The summed E-state index contributed by atoms with van der Waals surface area (Å²) in [5.74, 6) is 0.951. The summed E-state index contributed by atoms with van der Waals surface area (Å²) in [6, 6.07) is 0. The molecule has 0 radical (unpaired) electrons. The van der Waals surface area contributed by atoms with E-state index in [1.54, 1.807) is 7.11 Å². The Kier molecular flexibility index (Phi) is 4.55. The van der Waals surface area contributed by atoms with Gasteiger partial charge in [-0.15, -0.1) is 0 Å². The molecular formula is C9H19NO. The van der Waals surface area contributed by atoms with Gasteiger partial charge < -0.3 is 10.1 Å². The van der Waals surface area contributed by atoms with E-state index in [0.29, 0.717) is 0 Å². The first-order chi connectivity index (χ1) is 5.43. The lowest BCUT2D eigenvalue weighted by Gasteiger charge is -2.06. The van der Waals surface area contributed by atoms with Crippen LogP contribution in [0, 0.1) is 5.92 Å². The molecule has 1 fully saturated rings. The van der Waals surface area contributed by atoms with E-state index in [1.807, 2.05) is 0 Å². The van der Waals surface area contributed by atoms with Crippen LogP contribution in [-0.4, -0.2) is 26.8 Å². The fourth-order valence-corrected chi connectivity index (χ4v) is 1.64. The highest BCUT2D eigenvalue weighted by atomic mass is 16.5. The quantitative estimate of drug-likeness (QED) is 0.609. The van der Waals surface area contributed by atoms with Crippen molar-refractivity contribution >= 4 is 0 Å². The van der Waals surface area contributed by atoms with E-state index in [0.717, 1.165) is 12.5 Å². The zero-order valence-electron chi connectivity index (χ0n) is 7.44. The number of unbranched alkanes of at least 4 members (excludes halogenated alkanes) is 1. The highest BCUT2D eigenvalue weighted by Gasteiger charge is 2.12. The lowest BCUT2D eigenvalue weighted by Crippen LogP contribution is -2.08. The molecule has 0 aromatic heterocycles. The molecule has 1 saturated heterocycles. The molecule has 66 valence electrons. The van der Waals surface area contributed by atoms with Crippen molar-refractivity contribution in [1.82, 2.24) is 5.32 Å². The van der Waals surface area contributed by atoms with Crippen molar-refractivity contribution in [1.29, 1.82) is 0 Å². The molecule has 0 aliphatic carbocycles. The first kappa shape index (κ1) is 9.01. The molecule has 11 heavy (non-hydrogen) atoms. The Morgan fingerprint density at radius 3 is 3.00 bits per heavy atom. The molecular weight excluding hydrogens is 138 g/mol. The Morgan fingerprint density at radius 2 is 2.36 bits per heavy atom. The van der Waals surface area contributed by atoms with E-state index in [-0.39, 0.29) is 0 Å². The molecule has 1 aliphatic rings. The maximum Gasteiger partial charge on any atom is 0.0462 e. The van der Waals surface area contributed by atoms with Crippen molar-refractivity contribution in [2.45, 2.75) is 25.7 Å². The van der Waals surface area contributed by atoms with Crippen molar-refractivity contribution in [2.75, 3.05) is 26.8 Å². The van der Waals surface area contributed by atoms with Crippen LogP contribution in [-0.2, 0) is 4.74 Å². The van der Waals surface area contributed by atoms with Gasteiger partial charge in [0.1, 0.15) is 0 Å². The summed E-state index contributed by atoms with van der Waals surface area (Å²) >= 11 is 0. The molecule has 0 aromatic rings. The van der Waals surface area contributed by atoms with Gasteiger partial charge in [0.15, 0.2) is 0 Å². The predicted octanol–water partition coefficient (Wildman–Crippen LogP) is 1.41. The average Bonchev–Trinajstić information content (AvgIpc) is 2.50. The smallest absolute Gasteiger partial charge is 0.0462 e. The third kappa shape index (κ3) is 3.73. The third-order valence-electron chi connectivity index (χ3n) is 2.37. The number of hydrogen-bond donors (Lipinski definition) is 1. The van der Waals surface area contributed by atoms with Gasteiger partial charge in [0.2, 0.25) is 0 Å². The van der Waals surface area contributed by atoms with Gasteiger partial charge in [0.05, 0.1) is 0 Å². The minimum Gasteiger partial charge on any atom is -0.385 e. The molecule has 1 aliphatic heterocycles. The minimum absolute atomic E-state index is 0.931. The molecule has 0 bridgehead atoms. The van der Waals surface area contributed by atoms with Crippen LogP contribution in [0.4, 0.5) is 0 Å². The number of hydrogen-bond acceptors (Lipinski definition) is 2. The molecule has 1 rings (SSSR count). The van der Waals surface area contributed by atoms with Crippen molar-refractivity contribution in [2.24, 2.45) is 5.92 Å². The fourth-order valence-electron chi connectivity index (χ4n) is 1.64. The Hall–Kier alpha value is -0.0800. The van der Waals surface area contributed by atoms with Gasteiger partial charge >= 0.3 is 0 Å². The summed E-state index contributed by atoms with van der Waals surface area (Å²) in [6.07, 6.45) is 5.33. The van der Waals surface area contributed by atoms with Crippen molar-refractivity contribution < 1.29 is 4.74 Å². The zero-order chi connectivity index (χ0) is 7.94. The van der Waals surface area contributed by atoms with E-state index < -0.39 is 0 Å². The van der Waals surface area contributed by atoms with Gasteiger partial charge in [-0.1, -0.05) is 6.42 Å². The van der Waals surface area contributed by atoms with E-state index in [9.17, 15) is 0 Å². The van der Waals surface area contributed by atoms with E-state index in [4.69, 9.17) is 4.74 Å². The molecule has 2 nitrogen and oxygen atoms in total. The van der Waals surface area contributed by atoms with Gasteiger partial charge in [-0.25, -0.2) is 0 Å². The molecule has 1 heterocycles. The highest BCUT2D eigenvalue weighted by Crippen LogP contribution is 2.15. The normalized spacial score (nSPS) is 24.3. The number of nitrogens with one attached hydrogen (secondary N) is 1. The van der Waals surface area contributed by atoms with E-state index in [2.05, 4.69) is 5.32 Å². The molecule has 0 amide bonds. The van der Waals surface area contributed by atoms with Crippen LogP contribution in [0.5, 0.6) is 0 Å². The number of rotatable bonds is 5. The van der Waals surface area contributed by atoms with Crippen molar-refractivity contribution in [3.8, 4) is 0 Å². The molecule has 1 unspecified atom stereocenters. The van der Waals surface area contributed by atoms with Gasteiger partial charge in [-0.2, -0.15) is 0 Å². The highest BCUT2D eigenvalue weighted by molar-refractivity contribution is 4.70. The molecule has 0 spiro atoms. The van der Waals surface area contributed by atoms with Crippen molar-refractivity contribution in [3.63, 3.8) is 0 Å². The second kappa shape index (κ2) is 5.56. The maximum absolute atomic E-state index is 4.99. The van der Waals surface area contributed by atoms with Crippen LogP contribution in [0.2, 0.25) is 0 Å². The average molecular weight is 157 g/mol. The van der Waals surface area contributed by atoms with Gasteiger partial charge in [-0.05, 0) is 38.3 Å². The Labute approximate surface area is 69.3 Å². The Morgan fingerprint density at radius 1 is 1.45 bits per heavy atom. The predicted molar refractivity (Wildman–Crippen MR) is 46.7 cm³/mol. The van der Waals surface area contributed by atoms with Crippen LogP contribution in [0.15, 0.2) is 0 Å². The summed E-state index contributed by atoms with van der Waals surface area (Å²) in [5.41, 5.74) is 0. The maximum atomic E-state index is 4.99. The Bertz CT molecular complexity index is 89.6. The van der Waals surface area contributed by atoms with Gasteiger partial charge in [-0.3, -0.25) is 0 Å². The summed E-state index contributed by atoms with van der Waals surface area (Å²) in [7, 11) is 1.77. The third-order valence-corrected chi connectivity index (χ3v) is 2.37. The standard InChI is InChI=1S/C9H19NO/c1-11-7-3-2-4-9-5-6-10-8-9/h9-10H,2-8H2,1H3. The lowest BCUT2D eigenvalue weighted by molar-refractivity contribution is 0.190. The second-order valence-electron chi connectivity index (χ2n) is 3.35. The number of methoxy groups -OCH3 is 1. The first-order valence-electron chi connectivity index (χ1n) is 4.63. The largest absolute Gasteiger partial charge is 0.385 e. The topological polar surface area (TPSA) is 21.3 Å². The summed E-state index contributed by atoms with van der Waals surface area (Å²) in [5, 5.41) is 3.38. The van der Waals surface area contributed by atoms with Crippen LogP contribution < -0.4 is 5.32 Å². The molecule has 2 heteroatoms. The zero-order valence-corrected chi connectivity index (χ0v) is 7.44. The monoisotopic (exact) mass is 157 g/mol. The van der Waals surface area contributed by atoms with Crippen LogP contribution in [0.1, 0.15) is 25.7 Å². The van der Waals surface area contributed by atoms with Gasteiger partial charge in [0.25, 0.3) is 0 Å². The molecule has 0 saturated carbocycles. The summed E-state index contributed by atoms with van der Waals surface area (Å²) < 4.78 is 4.99. The van der Waals surface area contributed by atoms with Crippen LogP contribution in [0.25, 0.3) is 0 Å². The summed E-state index contributed by atoms with van der Waals surface area (Å²) in [4.78, 5) is 0. The SMILES string of the molecule is COCCCCC1CCNC1. The van der Waals surface area contributed by atoms with E-state index >= 15 is 0 Å². The van der Waals surface area contributed by atoms with Gasteiger partial charge in [0, 0.05) is 13.7 Å². The summed E-state index contributed by atoms with van der Waals surface area (Å²) in [6.45, 7) is 3.40. The van der Waals surface area contributed by atoms with Crippen LogP contribution >= 0.6 is 0 Å². The van der Waals surface area contributed by atoms with Crippen LogP contribution in [0.3, 0.4) is 0 Å². The Balaban J connectivity index is 1.86. The van der Waals surface area contributed by atoms with Crippen molar-refractivity contribution in [3.05, 3.63) is 0 Å². The van der Waals surface area contributed by atoms with E-state index in [1.165, 1.54) is 38.8 Å².